The van der Waals surface area contributed by atoms with Crippen LogP contribution in [0.15, 0.2) is 18.3 Å². The van der Waals surface area contributed by atoms with E-state index in [1.807, 2.05) is 9.80 Å². The lowest BCUT2D eigenvalue weighted by atomic mass is 10.2. The molecule has 0 radical (unpaired) electrons. The highest BCUT2D eigenvalue weighted by Crippen LogP contribution is 2.39. The zero-order chi connectivity index (χ0) is 15.9. The van der Waals surface area contributed by atoms with E-state index in [9.17, 15) is 18.0 Å². The standard InChI is InChI=1S/C15H18F3N3O/c1-10-8-12(10)14(22)21-6-4-20(5-7-21)13-3-2-11(9-19-13)15(16,17)18/h2-3,9-10,12H,4-8H2,1H3. The first kappa shape index (κ1) is 15.1. The highest BCUT2D eigenvalue weighted by molar-refractivity contribution is 5.81. The quantitative estimate of drug-likeness (QED) is 0.841. The predicted molar refractivity (Wildman–Crippen MR) is 75.3 cm³/mol. The third-order valence-corrected chi connectivity index (χ3v) is 4.42. The summed E-state index contributed by atoms with van der Waals surface area (Å²) >= 11 is 0. The van der Waals surface area contributed by atoms with Crippen molar-refractivity contribution in [3.63, 3.8) is 0 Å². The van der Waals surface area contributed by atoms with Crippen molar-refractivity contribution < 1.29 is 18.0 Å². The van der Waals surface area contributed by atoms with Gasteiger partial charge in [0.05, 0.1) is 5.56 Å². The molecule has 2 atom stereocenters. The molecular weight excluding hydrogens is 295 g/mol. The lowest BCUT2D eigenvalue weighted by Gasteiger charge is -2.35. The Bertz CT molecular complexity index is 550. The molecule has 4 nitrogen and oxygen atoms in total. The van der Waals surface area contributed by atoms with Gasteiger partial charge in [0.2, 0.25) is 5.91 Å². The topological polar surface area (TPSA) is 36.4 Å². The molecular formula is C15H18F3N3O. The predicted octanol–water partition coefficient (Wildman–Crippen LogP) is 2.41. The van der Waals surface area contributed by atoms with Crippen molar-refractivity contribution in [3.8, 4) is 0 Å². The molecule has 0 spiro atoms. The van der Waals surface area contributed by atoms with Crippen molar-refractivity contribution in [2.24, 2.45) is 11.8 Å². The Balaban J connectivity index is 1.58. The van der Waals surface area contributed by atoms with Gasteiger partial charge in [-0.15, -0.1) is 0 Å². The van der Waals surface area contributed by atoms with E-state index < -0.39 is 11.7 Å². The summed E-state index contributed by atoms with van der Waals surface area (Å²) in [4.78, 5) is 19.8. The summed E-state index contributed by atoms with van der Waals surface area (Å²) in [6, 6.07) is 2.44. The van der Waals surface area contributed by atoms with Crippen molar-refractivity contribution in [2.45, 2.75) is 19.5 Å². The SMILES string of the molecule is CC1CC1C(=O)N1CCN(c2ccc(C(F)(F)F)cn2)CC1. The first-order valence-corrected chi connectivity index (χ1v) is 7.43. The fourth-order valence-corrected chi connectivity index (χ4v) is 2.80. The number of hydrogen-bond acceptors (Lipinski definition) is 3. The molecule has 1 aromatic heterocycles. The zero-order valence-electron chi connectivity index (χ0n) is 12.3. The van der Waals surface area contributed by atoms with Crippen LogP contribution in [0.4, 0.5) is 19.0 Å². The van der Waals surface area contributed by atoms with Crippen LogP contribution in [-0.4, -0.2) is 42.0 Å². The number of amides is 1. The fraction of sp³-hybridized carbons (Fsp3) is 0.600. The van der Waals surface area contributed by atoms with E-state index in [0.717, 1.165) is 18.7 Å². The normalized spacial score (nSPS) is 25.3. The second-order valence-corrected chi connectivity index (χ2v) is 6.03. The van der Waals surface area contributed by atoms with Gasteiger partial charge in [-0.2, -0.15) is 13.2 Å². The number of piperazine rings is 1. The van der Waals surface area contributed by atoms with E-state index in [4.69, 9.17) is 0 Å². The molecule has 3 rings (SSSR count). The van der Waals surface area contributed by atoms with Crippen molar-refractivity contribution in [2.75, 3.05) is 31.1 Å². The molecule has 0 bridgehead atoms. The van der Waals surface area contributed by atoms with E-state index in [1.165, 1.54) is 6.07 Å². The molecule has 2 unspecified atom stereocenters. The summed E-state index contributed by atoms with van der Waals surface area (Å²) in [5.41, 5.74) is -0.743. The monoisotopic (exact) mass is 313 g/mol. The van der Waals surface area contributed by atoms with Gasteiger partial charge >= 0.3 is 6.18 Å². The molecule has 0 N–H and O–H groups in total. The average molecular weight is 313 g/mol. The highest BCUT2D eigenvalue weighted by Gasteiger charge is 2.42. The lowest BCUT2D eigenvalue weighted by Crippen LogP contribution is -2.49. The molecule has 22 heavy (non-hydrogen) atoms. The maximum Gasteiger partial charge on any atom is 0.417 e. The van der Waals surface area contributed by atoms with Crippen molar-refractivity contribution >= 4 is 11.7 Å². The third-order valence-electron chi connectivity index (χ3n) is 4.42. The van der Waals surface area contributed by atoms with Crippen LogP contribution in [0.1, 0.15) is 18.9 Å². The minimum atomic E-state index is -4.36. The van der Waals surface area contributed by atoms with Crippen LogP contribution >= 0.6 is 0 Å². The van der Waals surface area contributed by atoms with Crippen LogP contribution in [0, 0.1) is 11.8 Å². The zero-order valence-corrected chi connectivity index (χ0v) is 12.3. The second-order valence-electron chi connectivity index (χ2n) is 6.03. The molecule has 1 aliphatic carbocycles. The number of pyridine rings is 1. The number of nitrogens with zero attached hydrogens (tertiary/aromatic N) is 3. The van der Waals surface area contributed by atoms with E-state index in [1.54, 1.807) is 0 Å². The van der Waals surface area contributed by atoms with Crippen molar-refractivity contribution in [1.82, 2.24) is 9.88 Å². The third kappa shape index (κ3) is 3.03. The van der Waals surface area contributed by atoms with Gasteiger partial charge < -0.3 is 9.80 Å². The molecule has 1 amide bonds. The maximum absolute atomic E-state index is 12.5. The number of carbonyl (C=O) groups excluding carboxylic acids is 1. The van der Waals surface area contributed by atoms with E-state index in [-0.39, 0.29) is 11.8 Å². The second kappa shape index (κ2) is 5.44. The Kier molecular flexibility index (Phi) is 3.74. The number of rotatable bonds is 2. The van der Waals surface area contributed by atoms with Gasteiger partial charge in [-0.1, -0.05) is 6.92 Å². The number of hydrogen-bond donors (Lipinski definition) is 0. The first-order valence-electron chi connectivity index (χ1n) is 7.43. The summed E-state index contributed by atoms with van der Waals surface area (Å²) in [6.45, 7) is 4.48. The van der Waals surface area contributed by atoms with Crippen molar-refractivity contribution in [1.29, 1.82) is 0 Å². The van der Waals surface area contributed by atoms with Gasteiger partial charge in [0, 0.05) is 38.3 Å². The van der Waals surface area contributed by atoms with Gasteiger partial charge in [0.25, 0.3) is 0 Å². The molecule has 2 heterocycles. The van der Waals surface area contributed by atoms with Crippen molar-refractivity contribution in [3.05, 3.63) is 23.9 Å². The number of aromatic nitrogens is 1. The van der Waals surface area contributed by atoms with Crippen LogP contribution < -0.4 is 4.90 Å². The van der Waals surface area contributed by atoms with Gasteiger partial charge in [-0.3, -0.25) is 4.79 Å². The Morgan fingerprint density at radius 2 is 1.86 bits per heavy atom. The lowest BCUT2D eigenvalue weighted by molar-refractivity contribution is -0.138. The number of carbonyl (C=O) groups is 1. The van der Waals surface area contributed by atoms with Crippen LogP contribution in [0.2, 0.25) is 0 Å². The molecule has 7 heteroatoms. The minimum absolute atomic E-state index is 0.177. The largest absolute Gasteiger partial charge is 0.417 e. The Labute approximate surface area is 126 Å². The van der Waals surface area contributed by atoms with E-state index >= 15 is 0 Å². The number of alkyl halides is 3. The molecule has 2 aliphatic rings. The van der Waals surface area contributed by atoms with E-state index in [0.29, 0.717) is 37.9 Å². The summed E-state index contributed by atoms with van der Waals surface area (Å²) in [5, 5.41) is 0. The Morgan fingerprint density at radius 1 is 1.23 bits per heavy atom. The van der Waals surface area contributed by atoms with Gasteiger partial charge in [-0.25, -0.2) is 4.98 Å². The minimum Gasteiger partial charge on any atom is -0.353 e. The molecule has 1 saturated heterocycles. The Morgan fingerprint density at radius 3 is 2.32 bits per heavy atom. The van der Waals surface area contributed by atoms with Crippen LogP contribution in [0.25, 0.3) is 0 Å². The van der Waals surface area contributed by atoms with Gasteiger partial charge in [0.15, 0.2) is 0 Å². The average Bonchev–Trinajstić information content (AvgIpc) is 3.23. The smallest absolute Gasteiger partial charge is 0.353 e. The first-order chi connectivity index (χ1) is 10.4. The molecule has 1 aromatic rings. The number of halogens is 3. The van der Waals surface area contributed by atoms with E-state index in [2.05, 4.69) is 11.9 Å². The Hall–Kier alpha value is -1.79. The fourth-order valence-electron chi connectivity index (χ4n) is 2.80. The maximum atomic E-state index is 12.5. The van der Waals surface area contributed by atoms with Gasteiger partial charge in [0.1, 0.15) is 5.82 Å². The summed E-state index contributed by atoms with van der Waals surface area (Å²) in [6.07, 6.45) is -2.53. The van der Waals surface area contributed by atoms with Gasteiger partial charge in [-0.05, 0) is 24.5 Å². The molecule has 2 fully saturated rings. The molecule has 1 saturated carbocycles. The summed E-state index contributed by atoms with van der Waals surface area (Å²) in [7, 11) is 0. The summed E-state index contributed by atoms with van der Waals surface area (Å²) < 4.78 is 37.6. The van der Waals surface area contributed by atoms with Crippen LogP contribution in [0.3, 0.4) is 0 Å². The molecule has 1 aliphatic heterocycles. The van der Waals surface area contributed by atoms with Crippen LogP contribution in [-0.2, 0) is 11.0 Å². The molecule has 120 valence electrons. The summed E-state index contributed by atoms with van der Waals surface area (Å²) in [5.74, 6) is 1.41. The highest BCUT2D eigenvalue weighted by atomic mass is 19.4. The molecule has 0 aromatic carbocycles. The number of anilines is 1. The van der Waals surface area contributed by atoms with Crippen LogP contribution in [0.5, 0.6) is 0 Å².